The second-order valence-corrected chi connectivity index (χ2v) is 3.31. The van der Waals surface area contributed by atoms with Crippen LogP contribution in [0.4, 0.5) is 4.79 Å². The summed E-state index contributed by atoms with van der Waals surface area (Å²) in [6.45, 7) is 2.98. The predicted octanol–water partition coefficient (Wildman–Crippen LogP) is -0.413. The van der Waals surface area contributed by atoms with Crippen molar-refractivity contribution in [3.05, 3.63) is 0 Å². The zero-order chi connectivity index (χ0) is 9.42. The van der Waals surface area contributed by atoms with Gasteiger partial charge in [-0.1, -0.05) is 0 Å². The summed E-state index contributed by atoms with van der Waals surface area (Å²) in [4.78, 5) is 12.7. The molecule has 0 spiro atoms. The molecular weight excluding hydrogens is 174 g/mol. The van der Waals surface area contributed by atoms with E-state index in [2.05, 4.69) is 0 Å². The topological polar surface area (TPSA) is 62.3 Å². The molecule has 5 nitrogen and oxygen atoms in total. The number of rotatable bonds is 1. The second-order valence-electron chi connectivity index (χ2n) is 3.31. The van der Waals surface area contributed by atoms with Gasteiger partial charge in [-0.05, 0) is 6.92 Å². The molecule has 1 amide bonds. The Bertz CT molecular complexity index is 220. The number of aliphatic hydroxyl groups excluding tert-OH is 1. The van der Waals surface area contributed by atoms with Crippen molar-refractivity contribution in [1.82, 2.24) is 4.90 Å². The third kappa shape index (κ3) is 1.62. The van der Waals surface area contributed by atoms with Gasteiger partial charge in [-0.25, -0.2) is 4.79 Å². The molecule has 2 fully saturated rings. The molecule has 3 atom stereocenters. The summed E-state index contributed by atoms with van der Waals surface area (Å²) in [6.07, 6.45) is -0.947. The molecule has 0 aliphatic carbocycles. The lowest BCUT2D eigenvalue weighted by molar-refractivity contribution is 0.0608. The highest BCUT2D eigenvalue weighted by Gasteiger charge is 2.50. The van der Waals surface area contributed by atoms with Crippen LogP contribution < -0.4 is 0 Å². The maximum atomic E-state index is 11.2. The van der Waals surface area contributed by atoms with Gasteiger partial charge in [0.1, 0.15) is 18.3 Å². The van der Waals surface area contributed by atoms with Crippen molar-refractivity contribution in [2.45, 2.75) is 25.2 Å². The van der Waals surface area contributed by atoms with Crippen LogP contribution in [-0.2, 0) is 9.47 Å². The SMILES string of the molecule is CCOC(=O)N1C[C@@H]2O[C@@H]2[C@@H](O)C1. The highest BCUT2D eigenvalue weighted by molar-refractivity contribution is 5.68. The van der Waals surface area contributed by atoms with E-state index in [-0.39, 0.29) is 18.3 Å². The van der Waals surface area contributed by atoms with Crippen molar-refractivity contribution in [1.29, 1.82) is 0 Å². The average molecular weight is 187 g/mol. The van der Waals surface area contributed by atoms with Gasteiger partial charge in [0.25, 0.3) is 0 Å². The number of hydrogen-bond acceptors (Lipinski definition) is 4. The van der Waals surface area contributed by atoms with Crippen molar-refractivity contribution in [3.8, 4) is 0 Å². The Hall–Kier alpha value is -0.810. The fraction of sp³-hybridized carbons (Fsp3) is 0.875. The molecule has 74 valence electrons. The lowest BCUT2D eigenvalue weighted by Crippen LogP contribution is -2.46. The van der Waals surface area contributed by atoms with Crippen LogP contribution in [0.5, 0.6) is 0 Å². The quantitative estimate of drug-likeness (QED) is 0.567. The van der Waals surface area contributed by atoms with Gasteiger partial charge >= 0.3 is 6.09 Å². The molecule has 0 unspecified atom stereocenters. The Morgan fingerprint density at radius 2 is 2.46 bits per heavy atom. The van der Waals surface area contributed by atoms with Crippen LogP contribution in [-0.4, -0.2) is 54.1 Å². The molecule has 0 aromatic rings. The van der Waals surface area contributed by atoms with E-state index in [1.54, 1.807) is 6.92 Å². The van der Waals surface area contributed by atoms with Crippen LogP contribution in [0.15, 0.2) is 0 Å². The smallest absolute Gasteiger partial charge is 0.409 e. The fourth-order valence-corrected chi connectivity index (χ4v) is 1.63. The zero-order valence-corrected chi connectivity index (χ0v) is 7.47. The summed E-state index contributed by atoms with van der Waals surface area (Å²) in [7, 11) is 0. The number of epoxide rings is 1. The molecule has 0 radical (unpaired) electrons. The monoisotopic (exact) mass is 187 g/mol. The second kappa shape index (κ2) is 3.16. The van der Waals surface area contributed by atoms with E-state index in [1.807, 2.05) is 0 Å². The Kier molecular flexibility index (Phi) is 2.13. The lowest BCUT2D eigenvalue weighted by atomic mass is 10.1. The first-order chi connectivity index (χ1) is 6.22. The molecule has 2 aliphatic heterocycles. The van der Waals surface area contributed by atoms with Gasteiger partial charge in [-0.15, -0.1) is 0 Å². The predicted molar refractivity (Wildman–Crippen MR) is 43.3 cm³/mol. The summed E-state index contributed by atoms with van der Waals surface area (Å²) in [5, 5.41) is 9.43. The van der Waals surface area contributed by atoms with E-state index < -0.39 is 6.10 Å². The van der Waals surface area contributed by atoms with Gasteiger partial charge < -0.3 is 19.5 Å². The van der Waals surface area contributed by atoms with E-state index in [0.717, 1.165) is 0 Å². The molecule has 5 heteroatoms. The van der Waals surface area contributed by atoms with Gasteiger partial charge in [0, 0.05) is 0 Å². The van der Waals surface area contributed by atoms with Crippen molar-refractivity contribution < 1.29 is 19.4 Å². The summed E-state index contributed by atoms with van der Waals surface area (Å²) in [5.74, 6) is 0. The van der Waals surface area contributed by atoms with Crippen LogP contribution in [0, 0.1) is 0 Å². The molecule has 1 N–H and O–H groups in total. The number of piperidine rings is 1. The van der Waals surface area contributed by atoms with Crippen LogP contribution >= 0.6 is 0 Å². The number of likely N-dealkylation sites (tertiary alicyclic amines) is 1. The Morgan fingerprint density at radius 3 is 3.08 bits per heavy atom. The van der Waals surface area contributed by atoms with Crippen LogP contribution in [0.3, 0.4) is 0 Å². The third-order valence-electron chi connectivity index (χ3n) is 2.33. The lowest BCUT2D eigenvalue weighted by Gasteiger charge is -2.26. The summed E-state index contributed by atoms with van der Waals surface area (Å²) >= 11 is 0. The Balaban J connectivity index is 1.89. The minimum atomic E-state index is -0.553. The largest absolute Gasteiger partial charge is 0.450 e. The Labute approximate surface area is 76.2 Å². The van der Waals surface area contributed by atoms with Crippen molar-refractivity contribution >= 4 is 6.09 Å². The Morgan fingerprint density at radius 1 is 1.69 bits per heavy atom. The molecule has 0 bridgehead atoms. The number of β-amino-alcohol motifs (C(OH)–C–C–N with tert-alkyl or cyclic N) is 1. The van der Waals surface area contributed by atoms with Crippen molar-refractivity contribution in [2.24, 2.45) is 0 Å². The van der Waals surface area contributed by atoms with Gasteiger partial charge in [0.15, 0.2) is 0 Å². The number of ether oxygens (including phenoxy) is 2. The molecular formula is C8H13NO4. The van der Waals surface area contributed by atoms with E-state index in [0.29, 0.717) is 19.7 Å². The number of carbonyl (C=O) groups excluding carboxylic acids is 1. The van der Waals surface area contributed by atoms with E-state index in [4.69, 9.17) is 9.47 Å². The number of nitrogens with zero attached hydrogens (tertiary/aromatic N) is 1. The van der Waals surface area contributed by atoms with Gasteiger partial charge in [0.05, 0.1) is 19.7 Å². The molecule has 2 rings (SSSR count). The molecule has 2 heterocycles. The molecule has 0 aromatic carbocycles. The van der Waals surface area contributed by atoms with E-state index in [9.17, 15) is 9.90 Å². The van der Waals surface area contributed by atoms with Crippen LogP contribution in [0.2, 0.25) is 0 Å². The third-order valence-corrected chi connectivity index (χ3v) is 2.33. The van der Waals surface area contributed by atoms with Gasteiger partial charge in [-0.3, -0.25) is 0 Å². The minimum Gasteiger partial charge on any atom is -0.450 e. The summed E-state index contributed by atoms with van der Waals surface area (Å²) < 4.78 is 9.97. The highest BCUT2D eigenvalue weighted by Crippen LogP contribution is 2.31. The number of carbonyl (C=O) groups is 1. The maximum Gasteiger partial charge on any atom is 0.409 e. The van der Waals surface area contributed by atoms with Crippen LogP contribution in [0.25, 0.3) is 0 Å². The number of hydrogen-bond donors (Lipinski definition) is 1. The molecule has 13 heavy (non-hydrogen) atoms. The number of aliphatic hydroxyl groups is 1. The fourth-order valence-electron chi connectivity index (χ4n) is 1.63. The number of amides is 1. The van der Waals surface area contributed by atoms with E-state index in [1.165, 1.54) is 4.90 Å². The number of fused-ring (bicyclic) bond motifs is 1. The standard InChI is InChI=1S/C8H13NO4/c1-2-12-8(11)9-3-5(10)7-6(4-9)13-7/h5-7,10H,2-4H2,1H3/t5-,6-,7+/m0/s1. The first-order valence-corrected chi connectivity index (χ1v) is 4.47. The molecule has 0 saturated carbocycles. The highest BCUT2D eigenvalue weighted by atomic mass is 16.6. The molecule has 0 aromatic heterocycles. The summed E-state index contributed by atoms with van der Waals surface area (Å²) in [5.41, 5.74) is 0. The van der Waals surface area contributed by atoms with Crippen molar-refractivity contribution in [2.75, 3.05) is 19.7 Å². The zero-order valence-electron chi connectivity index (χ0n) is 7.47. The maximum absolute atomic E-state index is 11.2. The molecule has 2 aliphatic rings. The average Bonchev–Trinajstić information content (AvgIpc) is 2.84. The first kappa shape index (κ1) is 8.77. The first-order valence-electron chi connectivity index (χ1n) is 4.47. The van der Waals surface area contributed by atoms with Gasteiger partial charge in [0.2, 0.25) is 0 Å². The van der Waals surface area contributed by atoms with E-state index >= 15 is 0 Å². The van der Waals surface area contributed by atoms with Crippen LogP contribution in [0.1, 0.15) is 6.92 Å². The normalized spacial score (nSPS) is 36.8. The van der Waals surface area contributed by atoms with Crippen molar-refractivity contribution in [3.63, 3.8) is 0 Å². The minimum absolute atomic E-state index is 0.0214. The van der Waals surface area contributed by atoms with Gasteiger partial charge in [-0.2, -0.15) is 0 Å². The molecule has 2 saturated heterocycles. The summed E-state index contributed by atoms with van der Waals surface area (Å²) in [6, 6.07) is 0.